The van der Waals surface area contributed by atoms with Gasteiger partial charge in [0.2, 0.25) is 0 Å². The van der Waals surface area contributed by atoms with E-state index in [0.717, 1.165) is 42.7 Å². The van der Waals surface area contributed by atoms with Gasteiger partial charge in [-0.25, -0.2) is 4.79 Å². The maximum Gasteiger partial charge on any atom is 0.328 e. The van der Waals surface area contributed by atoms with Crippen LogP contribution in [0, 0.1) is 6.92 Å². The molecule has 1 aliphatic rings. The number of rotatable bonds is 4. The molecule has 1 aliphatic heterocycles. The van der Waals surface area contributed by atoms with Crippen LogP contribution in [-0.4, -0.2) is 33.3 Å². The molecule has 0 atom stereocenters. The predicted molar refractivity (Wildman–Crippen MR) is 134 cm³/mol. The van der Waals surface area contributed by atoms with Gasteiger partial charge in [-0.1, -0.05) is 35.0 Å². The van der Waals surface area contributed by atoms with Crippen molar-refractivity contribution in [3.05, 3.63) is 63.2 Å². The molecular weight excluding hydrogens is 454 g/mol. The van der Waals surface area contributed by atoms with Gasteiger partial charge in [-0.2, -0.15) is 0 Å². The number of piperidine rings is 1. The molecule has 2 aromatic heterocycles. The highest BCUT2D eigenvalue weighted by atomic mass is 35.5. The molecule has 0 spiro atoms. The van der Waals surface area contributed by atoms with Crippen molar-refractivity contribution in [2.45, 2.75) is 26.2 Å². The zero-order chi connectivity index (χ0) is 24.0. The van der Waals surface area contributed by atoms with E-state index in [1.54, 1.807) is 42.3 Å². The van der Waals surface area contributed by atoms with E-state index >= 15 is 0 Å². The number of carbonyl (C=O) groups excluding carboxylic acids is 1. The number of benzene rings is 2. The second-order valence-corrected chi connectivity index (χ2v) is 9.11. The first-order valence-corrected chi connectivity index (χ1v) is 11.7. The second kappa shape index (κ2) is 8.68. The molecule has 1 saturated heterocycles. The minimum Gasteiger partial charge on any atom is -0.370 e. The van der Waals surface area contributed by atoms with Crippen LogP contribution in [0.15, 0.2) is 45.7 Å². The molecule has 3 heterocycles. The molecule has 34 heavy (non-hydrogen) atoms. The van der Waals surface area contributed by atoms with Crippen molar-refractivity contribution >= 4 is 39.9 Å². The molecule has 1 amide bonds. The van der Waals surface area contributed by atoms with E-state index in [-0.39, 0.29) is 11.6 Å². The third-order valence-electron chi connectivity index (χ3n) is 6.55. The van der Waals surface area contributed by atoms with Crippen LogP contribution in [0.1, 0.15) is 35.4 Å². The Morgan fingerprint density at radius 2 is 1.74 bits per heavy atom. The van der Waals surface area contributed by atoms with Gasteiger partial charge in [0.05, 0.1) is 27.4 Å². The third kappa shape index (κ3) is 3.68. The molecule has 176 valence electrons. The Morgan fingerprint density at radius 3 is 2.44 bits per heavy atom. The molecule has 5 rings (SSSR count). The van der Waals surface area contributed by atoms with Crippen LogP contribution in [0.5, 0.6) is 0 Å². The van der Waals surface area contributed by atoms with Gasteiger partial charge < -0.3 is 14.7 Å². The molecule has 0 aliphatic carbocycles. The maximum atomic E-state index is 13.6. The van der Waals surface area contributed by atoms with Gasteiger partial charge in [-0.15, -0.1) is 0 Å². The highest BCUT2D eigenvalue weighted by Gasteiger charge is 2.25. The average molecular weight is 480 g/mol. The maximum absolute atomic E-state index is 13.6. The van der Waals surface area contributed by atoms with Crippen LogP contribution in [0.25, 0.3) is 22.3 Å². The van der Waals surface area contributed by atoms with E-state index < -0.39 is 0 Å². The van der Waals surface area contributed by atoms with Gasteiger partial charge in [0, 0.05) is 32.7 Å². The first kappa shape index (κ1) is 22.3. The van der Waals surface area contributed by atoms with Crippen molar-refractivity contribution in [2.75, 3.05) is 23.3 Å². The monoisotopic (exact) mass is 479 g/mol. The number of fused-ring (bicyclic) bond motifs is 1. The van der Waals surface area contributed by atoms with E-state index in [2.05, 4.69) is 15.4 Å². The number of nitrogens with one attached hydrogen (secondary N) is 1. The summed E-state index contributed by atoms with van der Waals surface area (Å²) in [6.07, 6.45) is 3.35. The minimum atomic E-state index is -0.341. The number of aromatic nitrogens is 3. The average Bonchev–Trinajstić information content (AvgIpc) is 3.32. The van der Waals surface area contributed by atoms with Crippen LogP contribution in [0.4, 0.5) is 11.4 Å². The van der Waals surface area contributed by atoms with Gasteiger partial charge >= 0.3 is 5.69 Å². The van der Waals surface area contributed by atoms with Crippen molar-refractivity contribution in [1.29, 1.82) is 0 Å². The number of hydrogen-bond donors (Lipinski definition) is 1. The number of carbonyl (C=O) groups is 1. The summed E-state index contributed by atoms with van der Waals surface area (Å²) in [5.41, 5.74) is 4.36. The van der Waals surface area contributed by atoms with Crippen molar-refractivity contribution in [3.8, 4) is 11.3 Å². The summed E-state index contributed by atoms with van der Waals surface area (Å²) in [5.74, 6) is 0.0624. The molecule has 1 N–H and O–H groups in total. The number of nitrogens with zero attached hydrogens (tertiary/aromatic N) is 4. The van der Waals surface area contributed by atoms with Crippen molar-refractivity contribution in [1.82, 2.24) is 14.3 Å². The molecular formula is C25H26ClN5O3. The van der Waals surface area contributed by atoms with Crippen molar-refractivity contribution in [2.24, 2.45) is 14.1 Å². The Bertz CT molecular complexity index is 1460. The summed E-state index contributed by atoms with van der Waals surface area (Å²) in [6.45, 7) is 3.50. The molecule has 0 saturated carbocycles. The SMILES string of the molecule is Cc1onc(-c2ccccc2Cl)c1C(=O)Nc1cc2c(cc1N1CCCCC1)n(C)c(=O)n2C. The first-order chi connectivity index (χ1) is 16.4. The molecule has 9 heteroatoms. The molecule has 0 bridgehead atoms. The van der Waals surface area contributed by atoms with E-state index in [0.29, 0.717) is 33.3 Å². The predicted octanol–water partition coefficient (Wildman–Crippen LogP) is 4.74. The second-order valence-electron chi connectivity index (χ2n) is 8.70. The fourth-order valence-electron chi connectivity index (χ4n) is 4.69. The Kier molecular flexibility index (Phi) is 5.69. The quantitative estimate of drug-likeness (QED) is 0.457. The first-order valence-electron chi connectivity index (χ1n) is 11.3. The van der Waals surface area contributed by atoms with Crippen molar-refractivity contribution in [3.63, 3.8) is 0 Å². The molecule has 4 aromatic rings. The van der Waals surface area contributed by atoms with Crippen LogP contribution in [0.3, 0.4) is 0 Å². The Labute approximate surface area is 201 Å². The van der Waals surface area contributed by atoms with Crippen LogP contribution < -0.4 is 15.9 Å². The zero-order valence-electron chi connectivity index (χ0n) is 19.4. The van der Waals surface area contributed by atoms with Crippen molar-refractivity contribution < 1.29 is 9.32 Å². The Morgan fingerprint density at radius 1 is 1.06 bits per heavy atom. The third-order valence-corrected chi connectivity index (χ3v) is 6.88. The summed E-state index contributed by atoms with van der Waals surface area (Å²) >= 11 is 6.38. The van der Waals surface area contributed by atoms with Crippen LogP contribution in [-0.2, 0) is 14.1 Å². The van der Waals surface area contributed by atoms with E-state index in [4.69, 9.17) is 16.1 Å². The van der Waals surface area contributed by atoms with Gasteiger partial charge in [-0.05, 0) is 44.4 Å². The van der Waals surface area contributed by atoms with Gasteiger partial charge in [0.15, 0.2) is 0 Å². The van der Waals surface area contributed by atoms with Crippen LogP contribution in [0.2, 0.25) is 5.02 Å². The zero-order valence-corrected chi connectivity index (χ0v) is 20.1. The van der Waals surface area contributed by atoms with E-state index in [1.165, 1.54) is 6.42 Å². The number of aryl methyl sites for hydroxylation is 3. The number of halogens is 1. The fourth-order valence-corrected chi connectivity index (χ4v) is 4.92. The van der Waals surface area contributed by atoms with Gasteiger partial charge in [-0.3, -0.25) is 13.9 Å². The Hall–Kier alpha value is -3.52. The summed E-state index contributed by atoms with van der Waals surface area (Å²) < 4.78 is 8.61. The highest BCUT2D eigenvalue weighted by Crippen LogP contribution is 2.35. The molecule has 2 aromatic carbocycles. The van der Waals surface area contributed by atoms with Gasteiger partial charge in [0.1, 0.15) is 17.0 Å². The molecule has 8 nitrogen and oxygen atoms in total. The lowest BCUT2D eigenvalue weighted by atomic mass is 10.0. The molecule has 0 radical (unpaired) electrons. The molecule has 0 unspecified atom stereocenters. The standard InChI is InChI=1S/C25H26ClN5O3/c1-15-22(23(28-34-15)16-9-5-6-10-17(16)26)24(32)27-18-13-20-21(30(3)25(33)29(20)2)14-19(18)31-11-7-4-8-12-31/h5-6,9-10,13-14H,4,7-8,11-12H2,1-3H3,(H,27,32). The largest absolute Gasteiger partial charge is 0.370 e. The normalized spacial score (nSPS) is 14.1. The number of amides is 1. The van der Waals surface area contributed by atoms with E-state index in [1.807, 2.05) is 24.3 Å². The van der Waals surface area contributed by atoms with E-state index in [9.17, 15) is 9.59 Å². The summed E-state index contributed by atoms with van der Waals surface area (Å²) in [6, 6.07) is 11.1. The number of imidazole rings is 1. The van der Waals surface area contributed by atoms with Crippen LogP contribution >= 0.6 is 11.6 Å². The Balaban J connectivity index is 1.61. The molecule has 1 fully saturated rings. The topological polar surface area (TPSA) is 85.3 Å². The lowest BCUT2D eigenvalue weighted by Crippen LogP contribution is -2.30. The fraction of sp³-hybridized carbons (Fsp3) is 0.320. The van der Waals surface area contributed by atoms with Gasteiger partial charge in [0.25, 0.3) is 5.91 Å². The minimum absolute atomic E-state index is 0.112. The number of anilines is 2. The highest BCUT2D eigenvalue weighted by molar-refractivity contribution is 6.33. The smallest absolute Gasteiger partial charge is 0.328 e. The summed E-state index contributed by atoms with van der Waals surface area (Å²) in [7, 11) is 3.50. The lowest BCUT2D eigenvalue weighted by molar-refractivity contribution is 0.102. The lowest BCUT2D eigenvalue weighted by Gasteiger charge is -2.30. The summed E-state index contributed by atoms with van der Waals surface area (Å²) in [4.78, 5) is 28.4. The summed E-state index contributed by atoms with van der Waals surface area (Å²) in [5, 5.41) is 7.69. The number of hydrogen-bond acceptors (Lipinski definition) is 5.